The van der Waals surface area contributed by atoms with E-state index in [0.717, 1.165) is 29.5 Å². The molecular weight excluding hydrogens is 232 g/mol. The minimum Gasteiger partial charge on any atom is -0.294 e. The maximum atomic E-state index is 12.6. The van der Waals surface area contributed by atoms with Crippen LogP contribution in [0, 0.1) is 5.41 Å². The van der Waals surface area contributed by atoms with Gasteiger partial charge in [-0.25, -0.2) is 0 Å². The molecule has 0 fully saturated rings. The molecule has 0 N–H and O–H groups in total. The summed E-state index contributed by atoms with van der Waals surface area (Å²) in [6.07, 6.45) is 7.55. The molecule has 0 bridgehead atoms. The van der Waals surface area contributed by atoms with Crippen LogP contribution in [0.3, 0.4) is 0 Å². The van der Waals surface area contributed by atoms with E-state index in [1.165, 1.54) is 0 Å². The maximum absolute atomic E-state index is 12.6. The summed E-state index contributed by atoms with van der Waals surface area (Å²) in [4.78, 5) is 12.6. The highest BCUT2D eigenvalue weighted by atomic mass is 16.1. The lowest BCUT2D eigenvalue weighted by molar-refractivity contribution is 0.0803. The van der Waals surface area contributed by atoms with E-state index in [-0.39, 0.29) is 11.2 Å². The number of carbonyl (C=O) groups is 1. The van der Waals surface area contributed by atoms with Crippen molar-refractivity contribution in [3.63, 3.8) is 0 Å². The fourth-order valence-corrected chi connectivity index (χ4v) is 2.15. The molecule has 19 heavy (non-hydrogen) atoms. The maximum Gasteiger partial charge on any atom is 0.168 e. The first-order valence-electron chi connectivity index (χ1n) is 6.96. The fourth-order valence-electron chi connectivity index (χ4n) is 2.15. The van der Waals surface area contributed by atoms with E-state index in [2.05, 4.69) is 20.4 Å². The van der Waals surface area contributed by atoms with E-state index < -0.39 is 0 Å². The van der Waals surface area contributed by atoms with Gasteiger partial charge < -0.3 is 0 Å². The zero-order valence-electron chi connectivity index (χ0n) is 12.5. The van der Waals surface area contributed by atoms with Gasteiger partial charge in [0, 0.05) is 11.0 Å². The summed E-state index contributed by atoms with van der Waals surface area (Å²) in [6, 6.07) is 5.86. The molecule has 0 aliphatic rings. The van der Waals surface area contributed by atoms with E-state index in [1.807, 2.05) is 50.3 Å². The van der Waals surface area contributed by atoms with E-state index in [9.17, 15) is 4.79 Å². The predicted molar refractivity (Wildman–Crippen MR) is 84.3 cm³/mol. The number of carbonyl (C=O) groups excluding carboxylic acids is 1. The summed E-state index contributed by atoms with van der Waals surface area (Å²) in [7, 11) is 0. The normalized spacial score (nSPS) is 11.8. The minimum atomic E-state index is -0.261. The molecule has 0 radical (unpaired) electrons. The second-order valence-corrected chi connectivity index (χ2v) is 5.14. The van der Waals surface area contributed by atoms with Gasteiger partial charge in [0.15, 0.2) is 5.78 Å². The number of benzene rings is 1. The molecule has 102 valence electrons. The Balaban J connectivity index is 3.25. The highest BCUT2D eigenvalue weighted by molar-refractivity contribution is 6.01. The van der Waals surface area contributed by atoms with Crippen LogP contribution in [0.4, 0.5) is 0 Å². The quantitative estimate of drug-likeness (QED) is 0.625. The second kappa shape index (κ2) is 6.51. The zero-order chi connectivity index (χ0) is 14.5. The average molecular weight is 256 g/mol. The summed E-state index contributed by atoms with van der Waals surface area (Å²) in [6.45, 7) is 12.0. The molecule has 0 atom stereocenters. The van der Waals surface area contributed by atoms with Crippen LogP contribution in [0.1, 0.15) is 62.0 Å². The van der Waals surface area contributed by atoms with Crippen LogP contribution >= 0.6 is 0 Å². The first-order chi connectivity index (χ1) is 9.02. The number of hydrogen-bond acceptors (Lipinski definition) is 1. The predicted octanol–water partition coefficient (Wildman–Crippen LogP) is 5.37. The SMILES string of the molecule is C=Cc1ccc(C(=O)C(C)(CC)CC)cc1/C=C\C. The Hall–Kier alpha value is -1.63. The Morgan fingerprint density at radius 2 is 1.89 bits per heavy atom. The lowest BCUT2D eigenvalue weighted by Gasteiger charge is -2.25. The summed E-state index contributed by atoms with van der Waals surface area (Å²) in [5.74, 6) is 0.235. The Bertz CT molecular complexity index is 490. The third kappa shape index (κ3) is 3.23. The largest absolute Gasteiger partial charge is 0.294 e. The molecule has 0 saturated carbocycles. The number of hydrogen-bond donors (Lipinski definition) is 0. The first kappa shape index (κ1) is 15.4. The van der Waals surface area contributed by atoms with Crippen LogP contribution < -0.4 is 0 Å². The molecule has 0 saturated heterocycles. The third-order valence-corrected chi connectivity index (χ3v) is 4.02. The topological polar surface area (TPSA) is 17.1 Å². The molecular formula is C18H24O. The number of allylic oxidation sites excluding steroid dienone is 1. The molecule has 0 amide bonds. The molecule has 1 aromatic carbocycles. The van der Waals surface area contributed by atoms with Crippen molar-refractivity contribution in [1.82, 2.24) is 0 Å². The molecule has 1 aromatic rings. The molecule has 0 heterocycles. The van der Waals surface area contributed by atoms with Gasteiger partial charge in [0.25, 0.3) is 0 Å². The van der Waals surface area contributed by atoms with E-state index >= 15 is 0 Å². The van der Waals surface area contributed by atoms with Crippen LogP contribution in [-0.2, 0) is 0 Å². The molecule has 0 aromatic heterocycles. The summed E-state index contributed by atoms with van der Waals surface area (Å²) in [5.41, 5.74) is 2.65. The van der Waals surface area contributed by atoms with Crippen LogP contribution in [0.5, 0.6) is 0 Å². The summed E-state index contributed by atoms with van der Waals surface area (Å²) < 4.78 is 0. The molecule has 1 heteroatoms. The van der Waals surface area contributed by atoms with Crippen molar-refractivity contribution in [2.45, 2.75) is 40.5 Å². The number of Topliss-reactive ketones (excluding diaryl/α,β-unsaturated/α-hetero) is 1. The van der Waals surface area contributed by atoms with Crippen LogP contribution in [0.25, 0.3) is 12.2 Å². The van der Waals surface area contributed by atoms with Crippen molar-refractivity contribution < 1.29 is 4.79 Å². The standard InChI is InChI=1S/C18H24O/c1-6-10-15-13-16(12-11-14(15)7-2)17(19)18(5,8-3)9-4/h6-7,10-13H,2,8-9H2,1,3-5H3/b10-6-. The lowest BCUT2D eigenvalue weighted by Crippen LogP contribution is -2.26. The van der Waals surface area contributed by atoms with Crippen molar-refractivity contribution in [1.29, 1.82) is 0 Å². The van der Waals surface area contributed by atoms with Crippen molar-refractivity contribution >= 4 is 17.9 Å². The Morgan fingerprint density at radius 3 is 2.37 bits per heavy atom. The Kier molecular flexibility index (Phi) is 5.29. The van der Waals surface area contributed by atoms with Gasteiger partial charge in [-0.2, -0.15) is 0 Å². The number of ketones is 1. The fraction of sp³-hybridized carbons (Fsp3) is 0.389. The van der Waals surface area contributed by atoms with Gasteiger partial charge in [-0.3, -0.25) is 4.79 Å². The van der Waals surface area contributed by atoms with Gasteiger partial charge in [-0.05, 0) is 37.0 Å². The van der Waals surface area contributed by atoms with Gasteiger partial charge in [-0.15, -0.1) is 0 Å². The van der Waals surface area contributed by atoms with Crippen molar-refractivity contribution in [2.24, 2.45) is 5.41 Å². The molecule has 0 spiro atoms. The molecule has 0 unspecified atom stereocenters. The second-order valence-electron chi connectivity index (χ2n) is 5.14. The zero-order valence-corrected chi connectivity index (χ0v) is 12.5. The van der Waals surface area contributed by atoms with Gasteiger partial charge in [-0.1, -0.05) is 57.7 Å². The van der Waals surface area contributed by atoms with Crippen LogP contribution in [-0.4, -0.2) is 5.78 Å². The number of rotatable bonds is 6. The van der Waals surface area contributed by atoms with Crippen molar-refractivity contribution in [3.05, 3.63) is 47.5 Å². The highest BCUT2D eigenvalue weighted by Crippen LogP contribution is 2.31. The van der Waals surface area contributed by atoms with Crippen LogP contribution in [0.15, 0.2) is 30.9 Å². The van der Waals surface area contributed by atoms with Gasteiger partial charge in [0.1, 0.15) is 0 Å². The van der Waals surface area contributed by atoms with E-state index in [0.29, 0.717) is 0 Å². The minimum absolute atomic E-state index is 0.235. The smallest absolute Gasteiger partial charge is 0.168 e. The lowest BCUT2D eigenvalue weighted by atomic mass is 9.77. The van der Waals surface area contributed by atoms with Crippen molar-refractivity contribution in [2.75, 3.05) is 0 Å². The van der Waals surface area contributed by atoms with Crippen molar-refractivity contribution in [3.8, 4) is 0 Å². The molecule has 1 rings (SSSR count). The Labute approximate surface area is 117 Å². The third-order valence-electron chi connectivity index (χ3n) is 4.02. The highest BCUT2D eigenvalue weighted by Gasteiger charge is 2.30. The van der Waals surface area contributed by atoms with E-state index in [4.69, 9.17) is 0 Å². The van der Waals surface area contributed by atoms with E-state index in [1.54, 1.807) is 0 Å². The monoisotopic (exact) mass is 256 g/mol. The average Bonchev–Trinajstić information content (AvgIpc) is 2.46. The molecule has 1 nitrogen and oxygen atoms in total. The summed E-state index contributed by atoms with van der Waals surface area (Å²) in [5, 5.41) is 0. The Morgan fingerprint density at radius 1 is 1.26 bits per heavy atom. The summed E-state index contributed by atoms with van der Waals surface area (Å²) >= 11 is 0. The van der Waals surface area contributed by atoms with Gasteiger partial charge >= 0.3 is 0 Å². The van der Waals surface area contributed by atoms with Gasteiger partial charge in [0.05, 0.1) is 0 Å². The van der Waals surface area contributed by atoms with Crippen LogP contribution in [0.2, 0.25) is 0 Å². The van der Waals surface area contributed by atoms with Gasteiger partial charge in [0.2, 0.25) is 0 Å². The molecule has 0 aliphatic heterocycles. The first-order valence-corrected chi connectivity index (χ1v) is 6.96. The molecule has 0 aliphatic carbocycles.